The number of carbonyl (C=O) groups excluding carboxylic acids is 2. The summed E-state index contributed by atoms with van der Waals surface area (Å²) in [6, 6.07) is 0. The molecule has 0 atom stereocenters. The molecule has 0 N–H and O–H groups in total. The summed E-state index contributed by atoms with van der Waals surface area (Å²) in [5.41, 5.74) is 0.787. The van der Waals surface area contributed by atoms with Crippen molar-refractivity contribution < 1.29 is 9.59 Å². The molecule has 0 rings (SSSR count). The quantitative estimate of drug-likeness (QED) is 0.462. The van der Waals surface area contributed by atoms with Crippen molar-refractivity contribution in [3.05, 3.63) is 23.8 Å². The summed E-state index contributed by atoms with van der Waals surface area (Å²) in [5, 5.41) is 0. The average Bonchev–Trinajstić information content (AvgIpc) is 2.10. The number of rotatable bonds is 5. The molecule has 0 radical (unpaired) electrons. The molecule has 0 unspecified atom stereocenters. The first-order valence-electron chi connectivity index (χ1n) is 3.98. The van der Waals surface area contributed by atoms with E-state index in [1.165, 1.54) is 6.08 Å². The van der Waals surface area contributed by atoms with Crippen LogP contribution in [0, 0.1) is 0 Å². The number of allylic oxidation sites excluding steroid dienone is 4. The second kappa shape index (κ2) is 6.53. The van der Waals surface area contributed by atoms with Crippen LogP contribution in [0.25, 0.3) is 0 Å². The van der Waals surface area contributed by atoms with Crippen LogP contribution >= 0.6 is 0 Å². The van der Waals surface area contributed by atoms with Crippen molar-refractivity contribution in [3.8, 4) is 0 Å². The molecule has 0 fully saturated rings. The maximum Gasteiger partial charge on any atom is 0.158 e. The number of hydrogen-bond acceptors (Lipinski definition) is 2. The van der Waals surface area contributed by atoms with Gasteiger partial charge in [0.15, 0.2) is 5.78 Å². The van der Waals surface area contributed by atoms with Crippen LogP contribution in [0.15, 0.2) is 23.8 Å². The zero-order chi connectivity index (χ0) is 9.40. The fraction of sp³-hybridized carbons (Fsp3) is 0.400. The van der Waals surface area contributed by atoms with E-state index in [1.807, 2.05) is 6.92 Å². The molecule has 0 amide bonds. The van der Waals surface area contributed by atoms with Gasteiger partial charge in [0, 0.05) is 6.42 Å². The Morgan fingerprint density at radius 1 is 1.42 bits per heavy atom. The van der Waals surface area contributed by atoms with Crippen molar-refractivity contribution >= 4 is 12.1 Å². The molecule has 0 saturated heterocycles. The average molecular weight is 166 g/mol. The summed E-state index contributed by atoms with van der Waals surface area (Å²) in [6.07, 6.45) is 6.76. The normalized spacial score (nSPS) is 12.0. The largest absolute Gasteiger partial charge is 0.299 e. The molecule has 0 heterocycles. The van der Waals surface area contributed by atoms with E-state index in [1.54, 1.807) is 19.1 Å². The Morgan fingerprint density at radius 2 is 2.08 bits per heavy atom. The molecular weight excluding hydrogens is 152 g/mol. The van der Waals surface area contributed by atoms with Crippen LogP contribution < -0.4 is 0 Å². The summed E-state index contributed by atoms with van der Waals surface area (Å²) < 4.78 is 0. The van der Waals surface area contributed by atoms with Crippen molar-refractivity contribution in [1.82, 2.24) is 0 Å². The Labute approximate surface area is 73.0 Å². The number of carbonyl (C=O) groups is 2. The lowest BCUT2D eigenvalue weighted by Crippen LogP contribution is -1.97. The van der Waals surface area contributed by atoms with Crippen LogP contribution in [0.2, 0.25) is 0 Å². The molecule has 0 aromatic rings. The van der Waals surface area contributed by atoms with Crippen molar-refractivity contribution in [2.75, 3.05) is 0 Å². The molecule has 0 aromatic heterocycles. The number of hydrogen-bond donors (Lipinski definition) is 0. The number of ketones is 1. The minimum atomic E-state index is 0.146. The predicted octanol–water partition coefficient (Wildman–Crippen LogP) is 2.06. The van der Waals surface area contributed by atoms with Gasteiger partial charge in [0.1, 0.15) is 6.29 Å². The van der Waals surface area contributed by atoms with Crippen LogP contribution in [0.5, 0.6) is 0 Å². The van der Waals surface area contributed by atoms with E-state index in [9.17, 15) is 9.59 Å². The molecule has 2 nitrogen and oxygen atoms in total. The number of Topliss-reactive ketones (excluding diaryl/α,β-unsaturated/α-hetero) is 1. The summed E-state index contributed by atoms with van der Waals surface area (Å²) >= 11 is 0. The molecule has 0 saturated carbocycles. The zero-order valence-corrected chi connectivity index (χ0v) is 7.54. The molecule has 0 aliphatic rings. The van der Waals surface area contributed by atoms with Crippen LogP contribution in [0.4, 0.5) is 0 Å². The van der Waals surface area contributed by atoms with Crippen LogP contribution in [-0.2, 0) is 9.59 Å². The Balaban J connectivity index is 3.72. The fourth-order valence-electron chi connectivity index (χ4n) is 0.724. The lowest BCUT2D eigenvalue weighted by molar-refractivity contribution is -0.115. The van der Waals surface area contributed by atoms with E-state index < -0.39 is 0 Å². The van der Waals surface area contributed by atoms with Gasteiger partial charge in [-0.25, -0.2) is 0 Å². The topological polar surface area (TPSA) is 34.1 Å². The summed E-state index contributed by atoms with van der Waals surface area (Å²) in [4.78, 5) is 21.0. The summed E-state index contributed by atoms with van der Waals surface area (Å²) in [6.45, 7) is 3.64. The van der Waals surface area contributed by atoms with Crippen LogP contribution in [-0.4, -0.2) is 12.1 Å². The summed E-state index contributed by atoms with van der Waals surface area (Å²) in [7, 11) is 0. The highest BCUT2D eigenvalue weighted by Crippen LogP contribution is 2.01. The molecule has 0 spiro atoms. The molecule has 0 bridgehead atoms. The molecule has 12 heavy (non-hydrogen) atoms. The van der Waals surface area contributed by atoms with Gasteiger partial charge in [-0.05, 0) is 31.9 Å². The van der Waals surface area contributed by atoms with Crippen molar-refractivity contribution in [3.63, 3.8) is 0 Å². The van der Waals surface area contributed by atoms with E-state index in [0.717, 1.165) is 5.57 Å². The van der Waals surface area contributed by atoms with Gasteiger partial charge < -0.3 is 0 Å². The van der Waals surface area contributed by atoms with Gasteiger partial charge in [0.2, 0.25) is 0 Å². The number of aldehydes is 1. The van der Waals surface area contributed by atoms with Gasteiger partial charge in [-0.3, -0.25) is 9.59 Å². The fourth-order valence-corrected chi connectivity index (χ4v) is 0.724. The van der Waals surface area contributed by atoms with Crippen molar-refractivity contribution in [1.29, 1.82) is 0 Å². The summed E-state index contributed by atoms with van der Waals surface area (Å²) in [5.74, 6) is 0.146. The molecule has 0 aliphatic carbocycles. The van der Waals surface area contributed by atoms with E-state index in [4.69, 9.17) is 0 Å². The lowest BCUT2D eigenvalue weighted by Gasteiger charge is -1.95. The highest BCUT2D eigenvalue weighted by Gasteiger charge is 2.00. The van der Waals surface area contributed by atoms with Gasteiger partial charge in [0.25, 0.3) is 0 Å². The van der Waals surface area contributed by atoms with E-state index >= 15 is 0 Å². The van der Waals surface area contributed by atoms with E-state index in [0.29, 0.717) is 19.1 Å². The van der Waals surface area contributed by atoms with Gasteiger partial charge in [-0.1, -0.05) is 12.2 Å². The predicted molar refractivity (Wildman–Crippen MR) is 48.9 cm³/mol. The Morgan fingerprint density at radius 3 is 2.58 bits per heavy atom. The molecule has 66 valence electrons. The second-order valence-corrected chi connectivity index (χ2v) is 2.50. The van der Waals surface area contributed by atoms with Gasteiger partial charge in [0.05, 0.1) is 0 Å². The molecule has 2 heteroatoms. The molecule has 0 aromatic carbocycles. The van der Waals surface area contributed by atoms with Crippen LogP contribution in [0.1, 0.15) is 26.7 Å². The van der Waals surface area contributed by atoms with Crippen molar-refractivity contribution in [2.45, 2.75) is 26.7 Å². The van der Waals surface area contributed by atoms with Gasteiger partial charge in [-0.2, -0.15) is 0 Å². The minimum Gasteiger partial charge on any atom is -0.299 e. The molecular formula is C10H14O2. The SMILES string of the molecule is CC=C(C)C(=O)CCC=CC=O. The van der Waals surface area contributed by atoms with Crippen molar-refractivity contribution in [2.24, 2.45) is 0 Å². The Hall–Kier alpha value is -1.18. The van der Waals surface area contributed by atoms with E-state index in [-0.39, 0.29) is 5.78 Å². The third-order valence-electron chi connectivity index (χ3n) is 1.63. The third-order valence-corrected chi connectivity index (χ3v) is 1.63. The first kappa shape index (κ1) is 10.8. The first-order valence-corrected chi connectivity index (χ1v) is 3.98. The zero-order valence-electron chi connectivity index (χ0n) is 7.54. The van der Waals surface area contributed by atoms with Gasteiger partial charge in [-0.15, -0.1) is 0 Å². The highest BCUT2D eigenvalue weighted by molar-refractivity contribution is 5.94. The first-order chi connectivity index (χ1) is 5.72. The minimum absolute atomic E-state index is 0.146. The maximum absolute atomic E-state index is 11.1. The highest BCUT2D eigenvalue weighted by atomic mass is 16.1. The van der Waals surface area contributed by atoms with Gasteiger partial charge >= 0.3 is 0 Å². The smallest absolute Gasteiger partial charge is 0.158 e. The third kappa shape index (κ3) is 4.61. The second-order valence-electron chi connectivity index (χ2n) is 2.50. The van der Waals surface area contributed by atoms with E-state index in [2.05, 4.69) is 0 Å². The lowest BCUT2D eigenvalue weighted by atomic mass is 10.1. The Kier molecular flexibility index (Phi) is 5.88. The molecule has 0 aliphatic heterocycles. The van der Waals surface area contributed by atoms with Crippen LogP contribution in [0.3, 0.4) is 0 Å². The standard InChI is InChI=1S/C10H14O2/c1-3-9(2)10(12)7-5-4-6-8-11/h3-4,6,8H,5,7H2,1-2H3. The Bertz CT molecular complexity index is 212. The maximum atomic E-state index is 11.1. The monoisotopic (exact) mass is 166 g/mol.